The van der Waals surface area contributed by atoms with E-state index < -0.39 is 0 Å². The van der Waals surface area contributed by atoms with Crippen molar-refractivity contribution in [1.82, 2.24) is 15.3 Å². The Morgan fingerprint density at radius 3 is 2.72 bits per heavy atom. The summed E-state index contributed by atoms with van der Waals surface area (Å²) in [4.78, 5) is 10.5. The van der Waals surface area contributed by atoms with Crippen LogP contribution in [0.3, 0.4) is 0 Å². The highest BCUT2D eigenvalue weighted by Crippen LogP contribution is 2.27. The second kappa shape index (κ2) is 5.41. The summed E-state index contributed by atoms with van der Waals surface area (Å²) in [5.41, 5.74) is 0. The van der Waals surface area contributed by atoms with Gasteiger partial charge in [0, 0.05) is 19.1 Å². The first-order valence-corrected chi connectivity index (χ1v) is 7.14. The van der Waals surface area contributed by atoms with E-state index in [4.69, 9.17) is 11.6 Å². The van der Waals surface area contributed by atoms with Crippen LogP contribution in [0.15, 0.2) is 12.5 Å². The van der Waals surface area contributed by atoms with Crippen molar-refractivity contribution < 1.29 is 0 Å². The summed E-state index contributed by atoms with van der Waals surface area (Å²) >= 11 is 6.13. The van der Waals surface area contributed by atoms with Gasteiger partial charge in [-0.15, -0.1) is 0 Å². The van der Waals surface area contributed by atoms with Gasteiger partial charge < -0.3 is 10.2 Å². The molecule has 5 heteroatoms. The van der Waals surface area contributed by atoms with Gasteiger partial charge in [0.2, 0.25) is 0 Å². The van der Waals surface area contributed by atoms with Crippen LogP contribution in [0.2, 0.25) is 5.02 Å². The Morgan fingerprint density at radius 1 is 1.28 bits per heavy atom. The lowest BCUT2D eigenvalue weighted by molar-refractivity contribution is 0.381. The maximum absolute atomic E-state index is 6.13. The fraction of sp³-hybridized carbons (Fsp3) is 0.692. The van der Waals surface area contributed by atoms with Crippen molar-refractivity contribution in [2.75, 3.05) is 24.5 Å². The quantitative estimate of drug-likeness (QED) is 0.906. The minimum absolute atomic E-state index is 0.659. The third kappa shape index (κ3) is 2.93. The van der Waals surface area contributed by atoms with Crippen molar-refractivity contribution >= 4 is 17.4 Å². The summed E-state index contributed by atoms with van der Waals surface area (Å²) < 4.78 is 0. The van der Waals surface area contributed by atoms with Crippen LogP contribution < -0.4 is 10.2 Å². The van der Waals surface area contributed by atoms with Crippen molar-refractivity contribution in [1.29, 1.82) is 0 Å². The Morgan fingerprint density at radius 2 is 2.06 bits per heavy atom. The Hall–Kier alpha value is -0.870. The second-order valence-electron chi connectivity index (χ2n) is 5.31. The van der Waals surface area contributed by atoms with Gasteiger partial charge in [0.25, 0.3) is 0 Å². The molecule has 1 aliphatic heterocycles. The summed E-state index contributed by atoms with van der Waals surface area (Å²) in [5.74, 6) is 1.70. The van der Waals surface area contributed by atoms with Gasteiger partial charge in [-0.25, -0.2) is 9.97 Å². The van der Waals surface area contributed by atoms with Crippen LogP contribution in [-0.2, 0) is 0 Å². The van der Waals surface area contributed by atoms with Gasteiger partial charge in [-0.2, -0.15) is 0 Å². The van der Waals surface area contributed by atoms with E-state index in [1.54, 1.807) is 12.5 Å². The molecule has 1 aromatic heterocycles. The standard InChI is InChI=1S/C13H19ClN4/c14-12-8-15-9-17-13(12)18-5-3-10(4-6-18)7-16-11-1-2-11/h8-11,16H,1-7H2. The Bertz CT molecular complexity index is 400. The number of anilines is 1. The molecule has 2 aliphatic rings. The topological polar surface area (TPSA) is 41.1 Å². The van der Waals surface area contributed by atoms with E-state index in [2.05, 4.69) is 20.2 Å². The first kappa shape index (κ1) is 12.2. The SMILES string of the molecule is Clc1cncnc1N1CCC(CNC2CC2)CC1. The normalized spacial score (nSPS) is 21.3. The third-order valence-electron chi connectivity index (χ3n) is 3.83. The van der Waals surface area contributed by atoms with E-state index in [0.717, 1.165) is 30.9 Å². The summed E-state index contributed by atoms with van der Waals surface area (Å²) in [5, 5.41) is 4.28. The largest absolute Gasteiger partial charge is 0.355 e. The zero-order chi connectivity index (χ0) is 12.4. The van der Waals surface area contributed by atoms with Crippen molar-refractivity contribution in [2.45, 2.75) is 31.7 Å². The molecule has 0 unspecified atom stereocenters. The fourth-order valence-corrected chi connectivity index (χ4v) is 2.73. The minimum Gasteiger partial charge on any atom is -0.355 e. The van der Waals surface area contributed by atoms with Gasteiger partial charge >= 0.3 is 0 Å². The molecule has 0 radical (unpaired) electrons. The lowest BCUT2D eigenvalue weighted by Gasteiger charge is -2.33. The van der Waals surface area contributed by atoms with Gasteiger partial charge in [-0.05, 0) is 38.1 Å². The molecule has 2 fully saturated rings. The highest BCUT2D eigenvalue weighted by molar-refractivity contribution is 6.32. The average molecular weight is 267 g/mol. The predicted octanol–water partition coefficient (Wildman–Crippen LogP) is 2.10. The van der Waals surface area contributed by atoms with Crippen molar-refractivity contribution in [3.05, 3.63) is 17.5 Å². The van der Waals surface area contributed by atoms with Crippen molar-refractivity contribution in [2.24, 2.45) is 5.92 Å². The van der Waals surface area contributed by atoms with E-state index in [9.17, 15) is 0 Å². The van der Waals surface area contributed by atoms with Crippen LogP contribution in [0.1, 0.15) is 25.7 Å². The van der Waals surface area contributed by atoms with Gasteiger partial charge in [-0.3, -0.25) is 0 Å². The molecule has 0 aromatic carbocycles. The first-order valence-electron chi connectivity index (χ1n) is 6.77. The first-order chi connectivity index (χ1) is 8.83. The molecule has 4 nitrogen and oxygen atoms in total. The molecule has 18 heavy (non-hydrogen) atoms. The highest BCUT2D eigenvalue weighted by Gasteiger charge is 2.25. The van der Waals surface area contributed by atoms with Crippen LogP contribution in [0.4, 0.5) is 5.82 Å². The van der Waals surface area contributed by atoms with Gasteiger partial charge in [0.05, 0.1) is 6.20 Å². The number of nitrogens with zero attached hydrogens (tertiary/aromatic N) is 3. The Labute approximate surface area is 113 Å². The molecule has 98 valence electrons. The third-order valence-corrected chi connectivity index (χ3v) is 4.10. The van der Waals surface area contributed by atoms with E-state index in [1.165, 1.54) is 32.2 Å². The molecule has 2 heterocycles. The zero-order valence-electron chi connectivity index (χ0n) is 10.5. The number of halogens is 1. The second-order valence-corrected chi connectivity index (χ2v) is 5.71. The summed E-state index contributed by atoms with van der Waals surface area (Å²) in [6.45, 7) is 3.28. The number of piperidine rings is 1. The molecule has 1 aliphatic carbocycles. The molecule has 1 N–H and O–H groups in total. The van der Waals surface area contributed by atoms with Crippen LogP contribution in [-0.4, -0.2) is 35.6 Å². The van der Waals surface area contributed by atoms with E-state index in [-0.39, 0.29) is 0 Å². The zero-order valence-corrected chi connectivity index (χ0v) is 11.2. The molecule has 1 aromatic rings. The van der Waals surface area contributed by atoms with E-state index >= 15 is 0 Å². The minimum atomic E-state index is 0.659. The number of hydrogen-bond donors (Lipinski definition) is 1. The monoisotopic (exact) mass is 266 g/mol. The lowest BCUT2D eigenvalue weighted by atomic mass is 9.97. The van der Waals surface area contributed by atoms with Crippen molar-refractivity contribution in [3.8, 4) is 0 Å². The van der Waals surface area contributed by atoms with Gasteiger partial charge in [0.15, 0.2) is 5.82 Å². The molecular formula is C13H19ClN4. The molecule has 3 rings (SSSR count). The summed E-state index contributed by atoms with van der Waals surface area (Å²) in [6.07, 6.45) is 8.43. The number of hydrogen-bond acceptors (Lipinski definition) is 4. The fourth-order valence-electron chi connectivity index (χ4n) is 2.51. The molecular weight excluding hydrogens is 248 g/mol. The predicted molar refractivity (Wildman–Crippen MR) is 73.0 cm³/mol. The smallest absolute Gasteiger partial charge is 0.150 e. The summed E-state index contributed by atoms with van der Waals surface area (Å²) in [6, 6.07) is 0.819. The van der Waals surface area contributed by atoms with Crippen LogP contribution >= 0.6 is 11.6 Å². The Balaban J connectivity index is 1.51. The van der Waals surface area contributed by atoms with Crippen LogP contribution in [0.25, 0.3) is 0 Å². The molecule has 1 saturated heterocycles. The number of aromatic nitrogens is 2. The Kier molecular flexibility index (Phi) is 3.66. The van der Waals surface area contributed by atoms with Gasteiger partial charge in [-0.1, -0.05) is 11.6 Å². The molecule has 0 bridgehead atoms. The molecule has 0 spiro atoms. The van der Waals surface area contributed by atoms with E-state index in [0.29, 0.717) is 5.02 Å². The lowest BCUT2D eigenvalue weighted by Crippen LogP contribution is -2.38. The van der Waals surface area contributed by atoms with Crippen LogP contribution in [0, 0.1) is 5.92 Å². The molecule has 0 amide bonds. The number of nitrogens with one attached hydrogen (secondary N) is 1. The molecule has 0 atom stereocenters. The molecule has 1 saturated carbocycles. The summed E-state index contributed by atoms with van der Waals surface area (Å²) in [7, 11) is 0. The van der Waals surface area contributed by atoms with Gasteiger partial charge in [0.1, 0.15) is 11.3 Å². The average Bonchev–Trinajstić information content (AvgIpc) is 3.22. The van der Waals surface area contributed by atoms with E-state index in [1.807, 2.05) is 0 Å². The van der Waals surface area contributed by atoms with Crippen LogP contribution in [0.5, 0.6) is 0 Å². The maximum Gasteiger partial charge on any atom is 0.150 e. The maximum atomic E-state index is 6.13. The highest BCUT2D eigenvalue weighted by atomic mass is 35.5. The number of rotatable bonds is 4. The van der Waals surface area contributed by atoms with Crippen molar-refractivity contribution in [3.63, 3.8) is 0 Å².